The number of fused-ring (bicyclic) bond motifs is 1. The zero-order valence-electron chi connectivity index (χ0n) is 13.4. The molecule has 3 rings (SSSR count). The van der Waals surface area contributed by atoms with Gasteiger partial charge in [0.25, 0.3) is 11.7 Å². The van der Waals surface area contributed by atoms with E-state index in [0.717, 1.165) is 29.4 Å². The summed E-state index contributed by atoms with van der Waals surface area (Å²) in [6, 6.07) is 7.75. The van der Waals surface area contributed by atoms with E-state index in [1.165, 1.54) is 0 Å². The van der Waals surface area contributed by atoms with Gasteiger partial charge >= 0.3 is 0 Å². The van der Waals surface area contributed by atoms with Crippen LogP contribution < -0.4 is 0 Å². The fourth-order valence-electron chi connectivity index (χ4n) is 3.43. The number of benzene rings is 1. The highest BCUT2D eigenvalue weighted by atomic mass is 16.2. The number of hydrogen-bond donors (Lipinski definition) is 0. The van der Waals surface area contributed by atoms with Crippen LogP contribution >= 0.6 is 0 Å². The van der Waals surface area contributed by atoms with Gasteiger partial charge in [-0.1, -0.05) is 25.1 Å². The Morgan fingerprint density at radius 2 is 1.95 bits per heavy atom. The third kappa shape index (κ3) is 2.32. The molecule has 1 saturated heterocycles. The first-order valence-corrected chi connectivity index (χ1v) is 7.88. The maximum atomic E-state index is 12.8. The Morgan fingerprint density at radius 3 is 2.68 bits per heavy atom. The molecule has 0 radical (unpaired) electrons. The molecule has 1 amide bonds. The lowest BCUT2D eigenvalue weighted by molar-refractivity contribution is -0.128. The van der Waals surface area contributed by atoms with Crippen LogP contribution in [-0.2, 0) is 11.8 Å². The molecule has 22 heavy (non-hydrogen) atoms. The predicted octanol–water partition coefficient (Wildman–Crippen LogP) is 2.93. The number of hydrogen-bond acceptors (Lipinski definition) is 2. The minimum Gasteiger partial charge on any atom is -0.347 e. The first-order chi connectivity index (χ1) is 10.5. The van der Waals surface area contributed by atoms with Crippen molar-refractivity contribution in [2.24, 2.45) is 13.0 Å². The van der Waals surface area contributed by atoms with Crippen LogP contribution in [0.5, 0.6) is 0 Å². The highest BCUT2D eigenvalue weighted by Crippen LogP contribution is 2.26. The lowest BCUT2D eigenvalue weighted by atomic mass is 9.99. The van der Waals surface area contributed by atoms with E-state index in [-0.39, 0.29) is 11.7 Å². The molecule has 1 aromatic heterocycles. The first-order valence-electron chi connectivity index (χ1n) is 7.88. The van der Waals surface area contributed by atoms with Crippen LogP contribution in [0.3, 0.4) is 0 Å². The molecule has 0 bridgehead atoms. The number of piperidine rings is 1. The molecule has 0 aliphatic carbocycles. The number of para-hydroxylation sites is 1. The Bertz CT molecular complexity index is 745. The molecular weight excluding hydrogens is 276 g/mol. The Hall–Kier alpha value is -2.10. The van der Waals surface area contributed by atoms with E-state index in [1.807, 2.05) is 42.8 Å². The Morgan fingerprint density at radius 1 is 1.23 bits per heavy atom. The average molecular weight is 298 g/mol. The van der Waals surface area contributed by atoms with Crippen molar-refractivity contribution in [2.45, 2.75) is 26.7 Å². The van der Waals surface area contributed by atoms with Gasteiger partial charge in [-0.15, -0.1) is 0 Å². The molecule has 1 atom stereocenters. The van der Waals surface area contributed by atoms with Crippen LogP contribution in [0, 0.1) is 12.8 Å². The van der Waals surface area contributed by atoms with Crippen molar-refractivity contribution in [3.8, 4) is 0 Å². The number of ketones is 1. The van der Waals surface area contributed by atoms with E-state index in [2.05, 4.69) is 6.92 Å². The summed E-state index contributed by atoms with van der Waals surface area (Å²) in [4.78, 5) is 27.1. The van der Waals surface area contributed by atoms with Crippen molar-refractivity contribution >= 4 is 22.6 Å². The number of aromatic nitrogens is 1. The zero-order valence-corrected chi connectivity index (χ0v) is 13.4. The fourth-order valence-corrected chi connectivity index (χ4v) is 3.43. The van der Waals surface area contributed by atoms with Crippen molar-refractivity contribution in [1.82, 2.24) is 9.47 Å². The van der Waals surface area contributed by atoms with Crippen LogP contribution in [0.2, 0.25) is 0 Å². The summed E-state index contributed by atoms with van der Waals surface area (Å²) in [7, 11) is 1.93. The highest BCUT2D eigenvalue weighted by molar-refractivity contribution is 6.45. The number of amides is 1. The van der Waals surface area contributed by atoms with E-state index in [4.69, 9.17) is 0 Å². The summed E-state index contributed by atoms with van der Waals surface area (Å²) in [5, 5.41) is 0.867. The Balaban J connectivity index is 1.99. The van der Waals surface area contributed by atoms with E-state index in [9.17, 15) is 9.59 Å². The Kier molecular flexibility index (Phi) is 3.77. The summed E-state index contributed by atoms with van der Waals surface area (Å²) in [6.07, 6.45) is 2.11. The molecule has 0 N–H and O–H groups in total. The molecular formula is C18H22N2O2. The van der Waals surface area contributed by atoms with Gasteiger partial charge in [0.1, 0.15) is 0 Å². The lowest BCUT2D eigenvalue weighted by Gasteiger charge is -2.30. The summed E-state index contributed by atoms with van der Waals surface area (Å²) >= 11 is 0. The number of likely N-dealkylation sites (tertiary alicyclic amines) is 1. The topological polar surface area (TPSA) is 42.3 Å². The third-order valence-electron chi connectivity index (χ3n) is 4.77. The highest BCUT2D eigenvalue weighted by Gasteiger charge is 2.30. The second-order valence-corrected chi connectivity index (χ2v) is 6.36. The summed E-state index contributed by atoms with van der Waals surface area (Å²) in [5.41, 5.74) is 2.40. The van der Waals surface area contributed by atoms with Gasteiger partial charge in [0.2, 0.25) is 0 Å². The molecule has 116 valence electrons. The number of aryl methyl sites for hydroxylation is 1. The maximum absolute atomic E-state index is 12.8. The van der Waals surface area contributed by atoms with Crippen molar-refractivity contribution in [3.05, 3.63) is 35.5 Å². The molecule has 0 spiro atoms. The minimum absolute atomic E-state index is 0.356. The van der Waals surface area contributed by atoms with Gasteiger partial charge < -0.3 is 9.47 Å². The first kappa shape index (κ1) is 14.8. The van der Waals surface area contributed by atoms with E-state index in [1.54, 1.807) is 4.90 Å². The van der Waals surface area contributed by atoms with Crippen LogP contribution in [0.25, 0.3) is 10.9 Å². The van der Waals surface area contributed by atoms with Gasteiger partial charge in [-0.05, 0) is 31.7 Å². The maximum Gasteiger partial charge on any atom is 0.295 e. The number of carbonyl (C=O) groups excluding carboxylic acids is 2. The molecule has 1 aliphatic rings. The van der Waals surface area contributed by atoms with Crippen molar-refractivity contribution in [2.75, 3.05) is 13.1 Å². The van der Waals surface area contributed by atoms with Crippen LogP contribution in [0.1, 0.15) is 35.8 Å². The normalized spacial score (nSPS) is 18.7. The zero-order chi connectivity index (χ0) is 15.9. The Labute approximate surface area is 130 Å². The van der Waals surface area contributed by atoms with Gasteiger partial charge in [-0.2, -0.15) is 0 Å². The van der Waals surface area contributed by atoms with Crippen LogP contribution in [-0.4, -0.2) is 34.2 Å². The standard InChI is InChI=1S/C18H22N2O2/c1-12-7-6-10-20(11-12)18(22)17(21)16-13(2)19(3)15-9-5-4-8-14(15)16/h4-5,8-9,12H,6-7,10-11H2,1-3H3/t12-/m1/s1. The smallest absolute Gasteiger partial charge is 0.295 e. The van der Waals surface area contributed by atoms with Crippen molar-refractivity contribution < 1.29 is 9.59 Å². The lowest BCUT2D eigenvalue weighted by Crippen LogP contribution is -2.42. The van der Waals surface area contributed by atoms with E-state index >= 15 is 0 Å². The summed E-state index contributed by atoms with van der Waals surface area (Å²) < 4.78 is 1.98. The molecule has 1 aromatic carbocycles. The van der Waals surface area contributed by atoms with Gasteiger partial charge in [0, 0.05) is 36.7 Å². The second-order valence-electron chi connectivity index (χ2n) is 6.36. The molecule has 4 heteroatoms. The minimum atomic E-state index is -0.372. The molecule has 0 unspecified atom stereocenters. The molecule has 1 fully saturated rings. The number of carbonyl (C=O) groups is 2. The summed E-state index contributed by atoms with van der Waals surface area (Å²) in [6.45, 7) is 5.42. The average Bonchev–Trinajstić information content (AvgIpc) is 2.78. The van der Waals surface area contributed by atoms with Crippen molar-refractivity contribution in [1.29, 1.82) is 0 Å². The van der Waals surface area contributed by atoms with Gasteiger partial charge in [0.15, 0.2) is 0 Å². The molecule has 4 nitrogen and oxygen atoms in total. The number of Topliss-reactive ketones (excluding diaryl/α,β-unsaturated/α-hetero) is 1. The third-order valence-corrected chi connectivity index (χ3v) is 4.77. The van der Waals surface area contributed by atoms with Crippen LogP contribution in [0.4, 0.5) is 0 Å². The monoisotopic (exact) mass is 298 g/mol. The number of nitrogens with zero attached hydrogens (tertiary/aromatic N) is 2. The fraction of sp³-hybridized carbons (Fsp3) is 0.444. The molecule has 2 heterocycles. The van der Waals surface area contributed by atoms with Gasteiger partial charge in [-0.3, -0.25) is 9.59 Å². The summed E-state index contributed by atoms with van der Waals surface area (Å²) in [5.74, 6) is -0.256. The van der Waals surface area contributed by atoms with Gasteiger partial charge in [0.05, 0.1) is 5.56 Å². The quantitative estimate of drug-likeness (QED) is 0.632. The van der Waals surface area contributed by atoms with E-state index in [0.29, 0.717) is 24.6 Å². The largest absolute Gasteiger partial charge is 0.347 e. The second kappa shape index (κ2) is 5.59. The van der Waals surface area contributed by atoms with Crippen molar-refractivity contribution in [3.63, 3.8) is 0 Å². The SMILES string of the molecule is Cc1c(C(=O)C(=O)N2CCC[C@@H](C)C2)c2ccccc2n1C. The molecule has 2 aromatic rings. The van der Waals surface area contributed by atoms with Gasteiger partial charge in [-0.25, -0.2) is 0 Å². The van der Waals surface area contributed by atoms with Crippen LogP contribution in [0.15, 0.2) is 24.3 Å². The number of rotatable bonds is 2. The predicted molar refractivity (Wildman–Crippen MR) is 87.0 cm³/mol. The molecule has 1 aliphatic heterocycles. The van der Waals surface area contributed by atoms with E-state index < -0.39 is 0 Å². The molecule has 0 saturated carbocycles.